The van der Waals surface area contributed by atoms with Gasteiger partial charge in [-0.15, -0.1) is 0 Å². The van der Waals surface area contributed by atoms with Crippen LogP contribution in [-0.2, 0) is 14.3 Å². The lowest BCUT2D eigenvalue weighted by Crippen LogP contribution is -2.49. The largest absolute Gasteiger partial charge is 0.461 e. The van der Waals surface area contributed by atoms with E-state index in [2.05, 4.69) is 6.58 Å². The molecule has 1 fully saturated rings. The van der Waals surface area contributed by atoms with Gasteiger partial charge in [0.15, 0.2) is 0 Å². The molecular weight excluding hydrogens is 270 g/mol. The van der Waals surface area contributed by atoms with Crippen molar-refractivity contribution in [3.63, 3.8) is 0 Å². The zero-order chi connectivity index (χ0) is 16.0. The summed E-state index contributed by atoms with van der Waals surface area (Å²) in [5, 5.41) is 0. The summed E-state index contributed by atoms with van der Waals surface area (Å²) in [5.41, 5.74) is -0.505. The van der Waals surface area contributed by atoms with Gasteiger partial charge in [-0.05, 0) is 40.0 Å². The molecule has 1 rings (SSSR count). The lowest BCUT2D eigenvalue weighted by atomic mass is 9.90. The second-order valence-electron chi connectivity index (χ2n) is 6.38. The molecule has 1 aliphatic heterocycles. The molecule has 0 aromatic heterocycles. The predicted molar refractivity (Wildman–Crippen MR) is 80.9 cm³/mol. The number of hydrogen-bond donors (Lipinski definition) is 0. The number of piperidine rings is 1. The van der Waals surface area contributed by atoms with E-state index in [-0.39, 0.29) is 30.6 Å². The van der Waals surface area contributed by atoms with E-state index in [1.54, 1.807) is 11.0 Å². The van der Waals surface area contributed by atoms with Crippen molar-refractivity contribution in [3.8, 4) is 0 Å². The van der Waals surface area contributed by atoms with E-state index in [1.807, 2.05) is 27.7 Å². The highest BCUT2D eigenvalue weighted by molar-refractivity contribution is 5.74. The standard InChI is InChI=1S/C16H27NO4/c1-6-10-20-14(18)12-8-9-17(13(7-2)11-12)15(19)21-16(3,4)5/h6,12-13H,1,7-11H2,2-5H3. The van der Waals surface area contributed by atoms with Gasteiger partial charge in [0.2, 0.25) is 0 Å². The van der Waals surface area contributed by atoms with Crippen molar-refractivity contribution < 1.29 is 19.1 Å². The van der Waals surface area contributed by atoms with Crippen molar-refractivity contribution >= 4 is 12.1 Å². The third-order valence-electron chi connectivity index (χ3n) is 3.49. The zero-order valence-electron chi connectivity index (χ0n) is 13.6. The van der Waals surface area contributed by atoms with E-state index < -0.39 is 5.60 Å². The second-order valence-corrected chi connectivity index (χ2v) is 6.38. The first-order valence-electron chi connectivity index (χ1n) is 7.55. The number of likely N-dealkylation sites (tertiary alicyclic amines) is 1. The van der Waals surface area contributed by atoms with Crippen LogP contribution in [0.3, 0.4) is 0 Å². The third-order valence-corrected chi connectivity index (χ3v) is 3.49. The minimum absolute atomic E-state index is 0.0230. The number of rotatable bonds is 4. The van der Waals surface area contributed by atoms with Gasteiger partial charge in [-0.25, -0.2) is 4.79 Å². The van der Waals surface area contributed by atoms with Crippen molar-refractivity contribution in [2.75, 3.05) is 13.2 Å². The molecule has 120 valence electrons. The quantitative estimate of drug-likeness (QED) is 0.591. The Labute approximate surface area is 127 Å². The monoisotopic (exact) mass is 297 g/mol. The maximum absolute atomic E-state index is 12.2. The topological polar surface area (TPSA) is 55.8 Å². The fourth-order valence-electron chi connectivity index (χ4n) is 2.47. The van der Waals surface area contributed by atoms with E-state index in [1.165, 1.54) is 0 Å². The van der Waals surface area contributed by atoms with Crippen LogP contribution in [0.1, 0.15) is 47.0 Å². The second kappa shape index (κ2) is 7.48. The minimum Gasteiger partial charge on any atom is -0.461 e. The van der Waals surface area contributed by atoms with Crippen LogP contribution in [-0.4, -0.2) is 41.8 Å². The molecule has 0 aliphatic carbocycles. The summed E-state index contributed by atoms with van der Waals surface area (Å²) in [7, 11) is 0. The predicted octanol–water partition coefficient (Wildman–Crippen LogP) is 3.14. The normalized spacial score (nSPS) is 22.6. The molecule has 2 atom stereocenters. The minimum atomic E-state index is -0.505. The maximum Gasteiger partial charge on any atom is 0.410 e. The summed E-state index contributed by atoms with van der Waals surface area (Å²) < 4.78 is 10.5. The van der Waals surface area contributed by atoms with E-state index in [0.717, 1.165) is 6.42 Å². The first-order chi connectivity index (χ1) is 9.78. The lowest BCUT2D eigenvalue weighted by Gasteiger charge is -2.38. The number of carbonyl (C=O) groups excluding carboxylic acids is 2. The van der Waals surface area contributed by atoms with Gasteiger partial charge < -0.3 is 14.4 Å². The highest BCUT2D eigenvalue weighted by Gasteiger charge is 2.36. The Bertz CT molecular complexity index is 386. The van der Waals surface area contributed by atoms with Gasteiger partial charge in [0.1, 0.15) is 12.2 Å². The molecule has 1 saturated heterocycles. The zero-order valence-corrected chi connectivity index (χ0v) is 13.6. The summed E-state index contributed by atoms with van der Waals surface area (Å²) in [6.45, 7) is 11.9. The molecule has 0 saturated carbocycles. The third kappa shape index (κ3) is 5.40. The molecule has 0 bridgehead atoms. The van der Waals surface area contributed by atoms with Crippen LogP contribution in [0.25, 0.3) is 0 Å². The van der Waals surface area contributed by atoms with Crippen LogP contribution in [0.2, 0.25) is 0 Å². The van der Waals surface area contributed by atoms with Crippen LogP contribution in [0.15, 0.2) is 12.7 Å². The van der Waals surface area contributed by atoms with Gasteiger partial charge in [0, 0.05) is 12.6 Å². The Balaban J connectivity index is 2.63. The molecule has 5 heteroatoms. The van der Waals surface area contributed by atoms with Crippen molar-refractivity contribution in [1.29, 1.82) is 0 Å². The van der Waals surface area contributed by atoms with Gasteiger partial charge >= 0.3 is 12.1 Å². The molecule has 2 unspecified atom stereocenters. The van der Waals surface area contributed by atoms with Crippen LogP contribution in [0, 0.1) is 5.92 Å². The molecule has 0 aromatic carbocycles. The van der Waals surface area contributed by atoms with Crippen LogP contribution < -0.4 is 0 Å². The lowest BCUT2D eigenvalue weighted by molar-refractivity contribution is -0.149. The number of ether oxygens (including phenoxy) is 2. The van der Waals surface area contributed by atoms with Crippen molar-refractivity contribution in [3.05, 3.63) is 12.7 Å². The molecule has 1 aliphatic rings. The van der Waals surface area contributed by atoms with E-state index in [9.17, 15) is 9.59 Å². The van der Waals surface area contributed by atoms with Gasteiger partial charge in [-0.1, -0.05) is 19.6 Å². The Morgan fingerprint density at radius 1 is 1.38 bits per heavy atom. The van der Waals surface area contributed by atoms with Gasteiger partial charge in [0.05, 0.1) is 5.92 Å². The molecule has 0 aromatic rings. The molecule has 0 radical (unpaired) electrons. The van der Waals surface area contributed by atoms with E-state index >= 15 is 0 Å². The molecule has 0 spiro atoms. The number of carbonyl (C=O) groups is 2. The molecular formula is C16H27NO4. The number of nitrogens with zero attached hydrogens (tertiary/aromatic N) is 1. The fraction of sp³-hybridized carbons (Fsp3) is 0.750. The first-order valence-corrected chi connectivity index (χ1v) is 7.55. The summed E-state index contributed by atoms with van der Waals surface area (Å²) >= 11 is 0. The van der Waals surface area contributed by atoms with E-state index in [0.29, 0.717) is 19.4 Å². The Morgan fingerprint density at radius 3 is 2.57 bits per heavy atom. The number of esters is 1. The summed E-state index contributed by atoms with van der Waals surface area (Å²) in [5.74, 6) is -0.342. The van der Waals surface area contributed by atoms with Crippen molar-refractivity contribution in [2.24, 2.45) is 5.92 Å². The van der Waals surface area contributed by atoms with Crippen LogP contribution in [0.5, 0.6) is 0 Å². The Kier molecular flexibility index (Phi) is 6.24. The maximum atomic E-state index is 12.2. The molecule has 1 amide bonds. The summed E-state index contributed by atoms with van der Waals surface area (Å²) in [6, 6.07) is 0.0230. The average molecular weight is 297 g/mol. The fourth-order valence-corrected chi connectivity index (χ4v) is 2.47. The molecule has 0 N–H and O–H groups in total. The smallest absolute Gasteiger partial charge is 0.410 e. The molecule has 1 heterocycles. The SMILES string of the molecule is C=CCOC(=O)C1CCN(C(=O)OC(C)(C)C)C(CC)C1. The number of hydrogen-bond acceptors (Lipinski definition) is 4. The van der Waals surface area contributed by atoms with Gasteiger partial charge in [-0.3, -0.25) is 4.79 Å². The average Bonchev–Trinajstić information content (AvgIpc) is 2.42. The number of amides is 1. The van der Waals surface area contributed by atoms with Gasteiger partial charge in [0.25, 0.3) is 0 Å². The summed E-state index contributed by atoms with van der Waals surface area (Å²) in [4.78, 5) is 25.9. The Hall–Kier alpha value is -1.52. The molecule has 21 heavy (non-hydrogen) atoms. The molecule has 5 nitrogen and oxygen atoms in total. The van der Waals surface area contributed by atoms with Crippen molar-refractivity contribution in [1.82, 2.24) is 4.90 Å². The van der Waals surface area contributed by atoms with E-state index in [4.69, 9.17) is 9.47 Å². The van der Waals surface area contributed by atoms with Crippen LogP contribution in [0.4, 0.5) is 4.79 Å². The highest BCUT2D eigenvalue weighted by atomic mass is 16.6. The Morgan fingerprint density at radius 2 is 2.05 bits per heavy atom. The van der Waals surface area contributed by atoms with Gasteiger partial charge in [-0.2, -0.15) is 0 Å². The highest BCUT2D eigenvalue weighted by Crippen LogP contribution is 2.27. The van der Waals surface area contributed by atoms with Crippen LogP contribution >= 0.6 is 0 Å². The van der Waals surface area contributed by atoms with Crippen molar-refractivity contribution in [2.45, 2.75) is 58.6 Å². The first kappa shape index (κ1) is 17.5. The summed E-state index contributed by atoms with van der Waals surface area (Å²) in [6.07, 6.45) is 3.31.